The van der Waals surface area contributed by atoms with Crippen LogP contribution in [0.5, 0.6) is 0 Å². The summed E-state index contributed by atoms with van der Waals surface area (Å²) in [6.07, 6.45) is 0.101. The Morgan fingerprint density at radius 3 is 2.83 bits per heavy atom. The molecular weight excluding hydrogens is 230 g/mol. The number of nitrogens with one attached hydrogen (secondary N) is 1. The maximum absolute atomic E-state index is 12.0. The van der Waals surface area contributed by atoms with E-state index in [-0.39, 0.29) is 12.1 Å². The minimum absolute atomic E-state index is 0.0781. The maximum atomic E-state index is 12.0. The zero-order chi connectivity index (χ0) is 13.0. The topological polar surface area (TPSA) is 67.6 Å². The normalized spacial score (nSPS) is 19.7. The fourth-order valence-corrected chi connectivity index (χ4v) is 1.93. The molecule has 1 atom stereocenters. The van der Waals surface area contributed by atoms with Crippen molar-refractivity contribution in [3.8, 4) is 0 Å². The number of ether oxygens (including phenoxy) is 1. The van der Waals surface area contributed by atoms with Crippen molar-refractivity contribution in [2.75, 3.05) is 25.0 Å². The molecule has 0 saturated carbocycles. The number of amides is 2. The molecule has 1 aromatic rings. The van der Waals surface area contributed by atoms with E-state index in [1.807, 2.05) is 31.2 Å². The molecule has 5 nitrogen and oxygen atoms in total. The van der Waals surface area contributed by atoms with Crippen LogP contribution >= 0.6 is 0 Å². The standard InChI is InChI=1S/C13H19N3O2/c1-10-9-16(6-7-18-10)13(17)15-12-4-2-11(8-14)3-5-12/h2-5,10H,6-9,14H2,1H3,(H,15,17). The molecule has 18 heavy (non-hydrogen) atoms. The van der Waals surface area contributed by atoms with Crippen LogP contribution in [0.3, 0.4) is 0 Å². The number of carbonyl (C=O) groups is 1. The molecule has 1 aromatic carbocycles. The Balaban J connectivity index is 1.93. The van der Waals surface area contributed by atoms with Gasteiger partial charge in [-0.25, -0.2) is 4.79 Å². The summed E-state index contributed by atoms with van der Waals surface area (Å²) in [6.45, 7) is 4.34. The highest BCUT2D eigenvalue weighted by molar-refractivity contribution is 5.89. The summed E-state index contributed by atoms with van der Waals surface area (Å²) >= 11 is 0. The molecule has 1 heterocycles. The second-order valence-electron chi connectivity index (χ2n) is 4.46. The van der Waals surface area contributed by atoms with E-state index in [4.69, 9.17) is 10.5 Å². The quantitative estimate of drug-likeness (QED) is 0.832. The lowest BCUT2D eigenvalue weighted by Crippen LogP contribution is -2.46. The average Bonchev–Trinajstić information content (AvgIpc) is 2.39. The van der Waals surface area contributed by atoms with Crippen LogP contribution in [-0.2, 0) is 11.3 Å². The van der Waals surface area contributed by atoms with E-state index in [0.29, 0.717) is 26.2 Å². The first-order chi connectivity index (χ1) is 8.69. The van der Waals surface area contributed by atoms with Gasteiger partial charge in [-0.05, 0) is 24.6 Å². The number of urea groups is 1. The van der Waals surface area contributed by atoms with E-state index in [1.165, 1.54) is 0 Å². The van der Waals surface area contributed by atoms with Crippen molar-refractivity contribution in [3.05, 3.63) is 29.8 Å². The van der Waals surface area contributed by atoms with Gasteiger partial charge in [-0.3, -0.25) is 0 Å². The Kier molecular flexibility index (Phi) is 4.17. The van der Waals surface area contributed by atoms with Crippen molar-refractivity contribution in [3.63, 3.8) is 0 Å². The Bertz CT molecular complexity index is 405. The van der Waals surface area contributed by atoms with E-state index >= 15 is 0 Å². The van der Waals surface area contributed by atoms with Gasteiger partial charge in [-0.15, -0.1) is 0 Å². The first-order valence-electron chi connectivity index (χ1n) is 6.15. The molecule has 1 saturated heterocycles. The molecule has 0 bridgehead atoms. The van der Waals surface area contributed by atoms with Gasteiger partial charge in [-0.1, -0.05) is 12.1 Å². The third kappa shape index (κ3) is 3.21. The van der Waals surface area contributed by atoms with Gasteiger partial charge in [-0.2, -0.15) is 0 Å². The van der Waals surface area contributed by atoms with Crippen LogP contribution < -0.4 is 11.1 Å². The van der Waals surface area contributed by atoms with Crippen LogP contribution in [0.1, 0.15) is 12.5 Å². The summed E-state index contributed by atoms with van der Waals surface area (Å²) < 4.78 is 5.40. The summed E-state index contributed by atoms with van der Waals surface area (Å²) in [5, 5.41) is 2.87. The summed E-state index contributed by atoms with van der Waals surface area (Å²) in [5.74, 6) is 0. The molecule has 1 aliphatic heterocycles. The molecule has 2 amide bonds. The van der Waals surface area contributed by atoms with Crippen molar-refractivity contribution >= 4 is 11.7 Å². The second-order valence-corrected chi connectivity index (χ2v) is 4.46. The lowest BCUT2D eigenvalue weighted by molar-refractivity contribution is -0.00138. The predicted octanol–water partition coefficient (Wildman–Crippen LogP) is 1.40. The van der Waals surface area contributed by atoms with Crippen LogP contribution in [0.15, 0.2) is 24.3 Å². The van der Waals surface area contributed by atoms with Crippen LogP contribution in [0, 0.1) is 0 Å². The minimum atomic E-state index is -0.0781. The van der Waals surface area contributed by atoms with E-state index in [1.54, 1.807) is 4.90 Å². The van der Waals surface area contributed by atoms with E-state index in [9.17, 15) is 4.79 Å². The van der Waals surface area contributed by atoms with E-state index in [0.717, 1.165) is 11.3 Å². The van der Waals surface area contributed by atoms with Gasteiger partial charge in [0, 0.05) is 25.3 Å². The van der Waals surface area contributed by atoms with Gasteiger partial charge in [0.25, 0.3) is 0 Å². The zero-order valence-electron chi connectivity index (χ0n) is 10.6. The first-order valence-corrected chi connectivity index (χ1v) is 6.15. The molecule has 1 unspecified atom stereocenters. The molecule has 98 valence electrons. The molecule has 5 heteroatoms. The Hall–Kier alpha value is -1.59. The van der Waals surface area contributed by atoms with Gasteiger partial charge in [0.05, 0.1) is 12.7 Å². The molecule has 0 aromatic heterocycles. The third-order valence-corrected chi connectivity index (χ3v) is 2.97. The number of benzene rings is 1. The fourth-order valence-electron chi connectivity index (χ4n) is 1.93. The Morgan fingerprint density at radius 2 is 2.22 bits per heavy atom. The van der Waals surface area contributed by atoms with Crippen LogP contribution in [0.2, 0.25) is 0 Å². The van der Waals surface area contributed by atoms with Crippen molar-refractivity contribution in [1.82, 2.24) is 4.90 Å². The van der Waals surface area contributed by atoms with E-state index < -0.39 is 0 Å². The average molecular weight is 249 g/mol. The number of morpholine rings is 1. The largest absolute Gasteiger partial charge is 0.375 e. The lowest BCUT2D eigenvalue weighted by Gasteiger charge is -2.31. The number of nitrogens with two attached hydrogens (primary N) is 1. The van der Waals surface area contributed by atoms with Gasteiger partial charge in [0.1, 0.15) is 0 Å². The SMILES string of the molecule is CC1CN(C(=O)Nc2ccc(CN)cc2)CCO1. The third-order valence-electron chi connectivity index (χ3n) is 2.97. The number of nitrogens with zero attached hydrogens (tertiary/aromatic N) is 1. The summed E-state index contributed by atoms with van der Waals surface area (Å²) in [6, 6.07) is 7.48. The number of anilines is 1. The van der Waals surface area contributed by atoms with Crippen LogP contribution in [0.25, 0.3) is 0 Å². The van der Waals surface area contributed by atoms with Crippen LogP contribution in [0.4, 0.5) is 10.5 Å². The monoisotopic (exact) mass is 249 g/mol. The van der Waals surface area contributed by atoms with Gasteiger partial charge in [0.2, 0.25) is 0 Å². The van der Waals surface area contributed by atoms with Crippen LogP contribution in [-0.4, -0.2) is 36.7 Å². The lowest BCUT2D eigenvalue weighted by atomic mass is 10.2. The van der Waals surface area contributed by atoms with Gasteiger partial charge >= 0.3 is 6.03 Å². The summed E-state index contributed by atoms with van der Waals surface area (Å²) in [5.41, 5.74) is 7.36. The maximum Gasteiger partial charge on any atom is 0.322 e. The molecule has 1 aliphatic rings. The minimum Gasteiger partial charge on any atom is -0.375 e. The highest BCUT2D eigenvalue weighted by Crippen LogP contribution is 2.11. The second kappa shape index (κ2) is 5.84. The highest BCUT2D eigenvalue weighted by Gasteiger charge is 2.21. The molecule has 1 fully saturated rings. The van der Waals surface area contributed by atoms with Gasteiger partial charge in [0.15, 0.2) is 0 Å². The number of rotatable bonds is 2. The van der Waals surface area contributed by atoms with E-state index in [2.05, 4.69) is 5.32 Å². The molecule has 0 spiro atoms. The fraction of sp³-hybridized carbons (Fsp3) is 0.462. The zero-order valence-corrected chi connectivity index (χ0v) is 10.6. The van der Waals surface area contributed by atoms with Crippen molar-refractivity contribution in [2.45, 2.75) is 19.6 Å². The Labute approximate surface area is 107 Å². The van der Waals surface area contributed by atoms with Crippen molar-refractivity contribution in [1.29, 1.82) is 0 Å². The molecule has 0 aliphatic carbocycles. The molecular formula is C13H19N3O2. The molecule has 2 rings (SSSR count). The van der Waals surface area contributed by atoms with Gasteiger partial charge < -0.3 is 20.7 Å². The van der Waals surface area contributed by atoms with Crippen molar-refractivity contribution in [2.24, 2.45) is 5.73 Å². The number of carbonyl (C=O) groups excluding carboxylic acids is 1. The highest BCUT2D eigenvalue weighted by atomic mass is 16.5. The number of hydrogen-bond donors (Lipinski definition) is 2. The van der Waals surface area contributed by atoms with Crippen molar-refractivity contribution < 1.29 is 9.53 Å². The smallest absolute Gasteiger partial charge is 0.322 e. The first kappa shape index (κ1) is 12.9. The number of hydrogen-bond acceptors (Lipinski definition) is 3. The summed E-state index contributed by atoms with van der Waals surface area (Å²) in [7, 11) is 0. The predicted molar refractivity (Wildman–Crippen MR) is 70.3 cm³/mol. The molecule has 0 radical (unpaired) electrons. The Morgan fingerprint density at radius 1 is 1.50 bits per heavy atom. The molecule has 3 N–H and O–H groups in total. The summed E-state index contributed by atoms with van der Waals surface area (Å²) in [4.78, 5) is 13.8.